The quantitative estimate of drug-likeness (QED) is 0.726. The highest BCUT2D eigenvalue weighted by Crippen LogP contribution is 2.41. The summed E-state index contributed by atoms with van der Waals surface area (Å²) in [7, 11) is 0. The van der Waals surface area contributed by atoms with E-state index in [9.17, 15) is 0 Å². The van der Waals surface area contributed by atoms with Gasteiger partial charge in [0, 0.05) is 52.0 Å². The molecule has 3 rings (SSSR count). The van der Waals surface area contributed by atoms with Crippen LogP contribution >= 0.6 is 0 Å². The van der Waals surface area contributed by atoms with Crippen LogP contribution in [0.25, 0.3) is 0 Å². The van der Waals surface area contributed by atoms with Crippen LogP contribution < -0.4 is 0 Å². The van der Waals surface area contributed by atoms with Gasteiger partial charge in [-0.1, -0.05) is 12.8 Å². The Balaban J connectivity index is 1.43. The Kier molecular flexibility index (Phi) is 5.54. The van der Waals surface area contributed by atoms with E-state index in [1.165, 1.54) is 64.7 Å². The Labute approximate surface area is 129 Å². The topological polar surface area (TPSA) is 24.9 Å². The third-order valence-electron chi connectivity index (χ3n) is 5.66. The van der Waals surface area contributed by atoms with Crippen molar-refractivity contribution in [3.05, 3.63) is 0 Å². The standard InChI is InChI=1S/C17H32N2O2/c1-2-20-14-12-18-8-10-19(11-9-18)16-5-13-21-17(15-16)6-3-4-7-17/h16H,2-15H2,1H3. The van der Waals surface area contributed by atoms with Gasteiger partial charge >= 0.3 is 0 Å². The Morgan fingerprint density at radius 2 is 1.90 bits per heavy atom. The van der Waals surface area contributed by atoms with Gasteiger partial charge in [0.2, 0.25) is 0 Å². The minimum Gasteiger partial charge on any atom is -0.380 e. The Morgan fingerprint density at radius 3 is 2.62 bits per heavy atom. The number of rotatable bonds is 5. The summed E-state index contributed by atoms with van der Waals surface area (Å²) in [5, 5.41) is 0. The van der Waals surface area contributed by atoms with E-state index in [2.05, 4.69) is 16.7 Å². The van der Waals surface area contributed by atoms with Crippen molar-refractivity contribution in [2.45, 2.75) is 57.1 Å². The molecule has 4 nitrogen and oxygen atoms in total. The summed E-state index contributed by atoms with van der Waals surface area (Å²) in [5.74, 6) is 0. The van der Waals surface area contributed by atoms with Gasteiger partial charge in [-0.15, -0.1) is 0 Å². The molecule has 21 heavy (non-hydrogen) atoms. The molecule has 0 aromatic rings. The summed E-state index contributed by atoms with van der Waals surface area (Å²) < 4.78 is 11.7. The second kappa shape index (κ2) is 7.40. The molecule has 2 aliphatic heterocycles. The maximum atomic E-state index is 6.18. The number of ether oxygens (including phenoxy) is 2. The van der Waals surface area contributed by atoms with E-state index >= 15 is 0 Å². The van der Waals surface area contributed by atoms with Gasteiger partial charge < -0.3 is 9.47 Å². The largest absolute Gasteiger partial charge is 0.380 e. The van der Waals surface area contributed by atoms with Crippen molar-refractivity contribution in [2.75, 3.05) is 52.5 Å². The van der Waals surface area contributed by atoms with Crippen LogP contribution in [0.3, 0.4) is 0 Å². The van der Waals surface area contributed by atoms with E-state index in [-0.39, 0.29) is 5.60 Å². The highest BCUT2D eigenvalue weighted by molar-refractivity contribution is 4.95. The van der Waals surface area contributed by atoms with Gasteiger partial charge in [-0.05, 0) is 32.6 Å². The van der Waals surface area contributed by atoms with Crippen molar-refractivity contribution >= 4 is 0 Å². The lowest BCUT2D eigenvalue weighted by Crippen LogP contribution is -2.54. The van der Waals surface area contributed by atoms with Crippen LogP contribution in [0.2, 0.25) is 0 Å². The third kappa shape index (κ3) is 3.98. The van der Waals surface area contributed by atoms with Crippen molar-refractivity contribution in [1.29, 1.82) is 0 Å². The Hall–Kier alpha value is -0.160. The zero-order chi connectivity index (χ0) is 14.5. The number of piperazine rings is 1. The van der Waals surface area contributed by atoms with E-state index in [4.69, 9.17) is 9.47 Å². The lowest BCUT2D eigenvalue weighted by Gasteiger charge is -2.45. The molecule has 4 heteroatoms. The maximum Gasteiger partial charge on any atom is 0.0697 e. The van der Waals surface area contributed by atoms with E-state index in [1.807, 2.05) is 0 Å². The summed E-state index contributed by atoms with van der Waals surface area (Å²) in [6, 6.07) is 0.769. The zero-order valence-electron chi connectivity index (χ0n) is 13.7. The molecule has 0 bridgehead atoms. The van der Waals surface area contributed by atoms with Gasteiger partial charge in [0.1, 0.15) is 0 Å². The first kappa shape index (κ1) is 15.7. The molecule has 1 spiro atoms. The average molecular weight is 296 g/mol. The molecule has 122 valence electrons. The Morgan fingerprint density at radius 1 is 1.14 bits per heavy atom. The van der Waals surface area contributed by atoms with Crippen LogP contribution in [0.5, 0.6) is 0 Å². The lowest BCUT2D eigenvalue weighted by atomic mass is 9.88. The molecule has 1 saturated carbocycles. The molecule has 1 unspecified atom stereocenters. The predicted molar refractivity (Wildman–Crippen MR) is 84.7 cm³/mol. The average Bonchev–Trinajstić information content (AvgIpc) is 2.96. The lowest BCUT2D eigenvalue weighted by molar-refractivity contribution is -0.106. The monoisotopic (exact) mass is 296 g/mol. The number of hydrogen-bond donors (Lipinski definition) is 0. The molecular weight excluding hydrogens is 264 g/mol. The highest BCUT2D eigenvalue weighted by atomic mass is 16.5. The van der Waals surface area contributed by atoms with Crippen LogP contribution in [0.4, 0.5) is 0 Å². The van der Waals surface area contributed by atoms with Crippen molar-refractivity contribution < 1.29 is 9.47 Å². The van der Waals surface area contributed by atoms with Crippen molar-refractivity contribution in [3.8, 4) is 0 Å². The van der Waals surface area contributed by atoms with Gasteiger partial charge in [0.05, 0.1) is 12.2 Å². The molecule has 3 aliphatic rings. The van der Waals surface area contributed by atoms with Gasteiger partial charge in [-0.2, -0.15) is 0 Å². The highest BCUT2D eigenvalue weighted by Gasteiger charge is 2.41. The third-order valence-corrected chi connectivity index (χ3v) is 5.66. The van der Waals surface area contributed by atoms with Crippen LogP contribution in [-0.4, -0.2) is 74.0 Å². The molecule has 2 heterocycles. The molecule has 0 radical (unpaired) electrons. The summed E-state index contributed by atoms with van der Waals surface area (Å²) in [5.41, 5.74) is 0.259. The summed E-state index contributed by atoms with van der Waals surface area (Å²) >= 11 is 0. The summed E-state index contributed by atoms with van der Waals surface area (Å²) in [6.45, 7) is 10.7. The predicted octanol–water partition coefficient (Wildman–Crippen LogP) is 2.13. The van der Waals surface area contributed by atoms with Crippen LogP contribution in [-0.2, 0) is 9.47 Å². The van der Waals surface area contributed by atoms with Gasteiger partial charge in [-0.3, -0.25) is 9.80 Å². The van der Waals surface area contributed by atoms with E-state index in [0.29, 0.717) is 0 Å². The van der Waals surface area contributed by atoms with Crippen LogP contribution in [0, 0.1) is 0 Å². The molecular formula is C17H32N2O2. The first-order valence-electron chi connectivity index (χ1n) is 8.99. The molecule has 2 saturated heterocycles. The van der Waals surface area contributed by atoms with Gasteiger partial charge in [-0.25, -0.2) is 0 Å². The second-order valence-corrected chi connectivity index (χ2v) is 6.96. The molecule has 0 aromatic heterocycles. The van der Waals surface area contributed by atoms with Gasteiger partial charge in [0.15, 0.2) is 0 Å². The van der Waals surface area contributed by atoms with Crippen LogP contribution in [0.15, 0.2) is 0 Å². The van der Waals surface area contributed by atoms with Crippen molar-refractivity contribution in [3.63, 3.8) is 0 Å². The fraction of sp³-hybridized carbons (Fsp3) is 1.00. The minimum atomic E-state index is 0.259. The molecule has 0 N–H and O–H groups in total. The molecule has 1 atom stereocenters. The second-order valence-electron chi connectivity index (χ2n) is 6.96. The van der Waals surface area contributed by atoms with E-state index in [0.717, 1.165) is 32.4 Å². The molecule has 1 aliphatic carbocycles. The fourth-order valence-electron chi connectivity index (χ4n) is 4.37. The fourth-order valence-corrected chi connectivity index (χ4v) is 4.37. The summed E-state index contributed by atoms with van der Waals surface area (Å²) in [4.78, 5) is 5.29. The number of nitrogens with zero attached hydrogens (tertiary/aromatic N) is 2. The SMILES string of the molecule is CCOCCN1CCN(C2CCOC3(CCCC3)C2)CC1. The zero-order valence-corrected chi connectivity index (χ0v) is 13.7. The first-order chi connectivity index (χ1) is 10.3. The summed E-state index contributed by atoms with van der Waals surface area (Å²) in [6.07, 6.45) is 7.87. The first-order valence-corrected chi connectivity index (χ1v) is 8.99. The molecule has 3 fully saturated rings. The van der Waals surface area contributed by atoms with E-state index < -0.39 is 0 Å². The smallest absolute Gasteiger partial charge is 0.0697 e. The maximum absolute atomic E-state index is 6.18. The van der Waals surface area contributed by atoms with Crippen LogP contribution in [0.1, 0.15) is 45.4 Å². The van der Waals surface area contributed by atoms with Crippen molar-refractivity contribution in [1.82, 2.24) is 9.80 Å². The molecule has 0 amide bonds. The Bertz CT molecular complexity index is 310. The molecule has 0 aromatic carbocycles. The minimum absolute atomic E-state index is 0.259. The van der Waals surface area contributed by atoms with Gasteiger partial charge in [0.25, 0.3) is 0 Å². The van der Waals surface area contributed by atoms with Crippen molar-refractivity contribution in [2.24, 2.45) is 0 Å². The van der Waals surface area contributed by atoms with E-state index in [1.54, 1.807) is 0 Å². The number of hydrogen-bond acceptors (Lipinski definition) is 4. The normalized spacial score (nSPS) is 31.0.